The Bertz CT molecular complexity index is 365. The molecule has 0 bridgehead atoms. The number of aryl methyl sites for hydroxylation is 1. The maximum absolute atomic E-state index is 11.5. The highest BCUT2D eigenvalue weighted by Crippen LogP contribution is 2.09. The zero-order chi connectivity index (χ0) is 10.7. The number of carbonyl (C=O) groups excluding carboxylic acids is 1. The van der Waals surface area contributed by atoms with Crippen molar-refractivity contribution in [2.75, 3.05) is 13.1 Å². The van der Waals surface area contributed by atoms with Gasteiger partial charge in [-0.05, 0) is 25.0 Å². The molecule has 0 radical (unpaired) electrons. The topological polar surface area (TPSA) is 45.2 Å². The number of pyridine rings is 1. The van der Waals surface area contributed by atoms with Crippen molar-refractivity contribution in [1.29, 1.82) is 0 Å². The molecule has 2 heterocycles. The normalized spacial score (nSPS) is 16.3. The fraction of sp³-hybridized carbons (Fsp3) is 0.455. The first-order valence-corrected chi connectivity index (χ1v) is 5.20. The molecule has 0 atom stereocenters. The van der Waals surface area contributed by atoms with Crippen LogP contribution < -0.4 is 5.32 Å². The second kappa shape index (κ2) is 4.29. The van der Waals surface area contributed by atoms with Gasteiger partial charge in [0.15, 0.2) is 0 Å². The smallest absolute Gasteiger partial charge is 0.317 e. The molecule has 1 fully saturated rings. The van der Waals surface area contributed by atoms with E-state index in [4.69, 9.17) is 0 Å². The molecular weight excluding hydrogens is 190 g/mol. The summed E-state index contributed by atoms with van der Waals surface area (Å²) >= 11 is 0. The summed E-state index contributed by atoms with van der Waals surface area (Å²) in [5.41, 5.74) is 2.12. The van der Waals surface area contributed by atoms with Gasteiger partial charge < -0.3 is 10.2 Å². The predicted molar refractivity (Wildman–Crippen MR) is 57.4 cm³/mol. The zero-order valence-corrected chi connectivity index (χ0v) is 8.86. The van der Waals surface area contributed by atoms with Gasteiger partial charge in [0.1, 0.15) is 0 Å². The first-order chi connectivity index (χ1) is 7.27. The Morgan fingerprint density at radius 2 is 2.47 bits per heavy atom. The second-order valence-corrected chi connectivity index (χ2v) is 3.77. The maximum atomic E-state index is 11.5. The van der Waals surface area contributed by atoms with Crippen molar-refractivity contribution < 1.29 is 4.79 Å². The molecule has 0 saturated carbocycles. The Kier molecular flexibility index (Phi) is 2.85. The Morgan fingerprint density at radius 3 is 3.20 bits per heavy atom. The van der Waals surface area contributed by atoms with Gasteiger partial charge >= 0.3 is 6.03 Å². The quantitative estimate of drug-likeness (QED) is 0.791. The van der Waals surface area contributed by atoms with Crippen molar-refractivity contribution in [3.8, 4) is 0 Å². The summed E-state index contributed by atoms with van der Waals surface area (Å²) in [6.07, 6.45) is 2.78. The first-order valence-electron chi connectivity index (χ1n) is 5.20. The number of aromatic nitrogens is 1. The van der Waals surface area contributed by atoms with E-state index < -0.39 is 0 Å². The Labute approximate surface area is 89.3 Å². The zero-order valence-electron chi connectivity index (χ0n) is 8.86. The van der Waals surface area contributed by atoms with Crippen LogP contribution in [0.1, 0.15) is 17.7 Å². The monoisotopic (exact) mass is 205 g/mol. The SMILES string of the molecule is Cc1cccnc1CN1CCCNC1=O. The van der Waals surface area contributed by atoms with Gasteiger partial charge in [-0.25, -0.2) is 4.79 Å². The van der Waals surface area contributed by atoms with Crippen LogP contribution in [0.15, 0.2) is 18.3 Å². The van der Waals surface area contributed by atoms with Crippen LogP contribution in [0.5, 0.6) is 0 Å². The number of nitrogens with zero attached hydrogens (tertiary/aromatic N) is 2. The molecule has 0 unspecified atom stereocenters. The average Bonchev–Trinajstić information content (AvgIpc) is 2.24. The van der Waals surface area contributed by atoms with Gasteiger partial charge in [-0.15, -0.1) is 0 Å². The van der Waals surface area contributed by atoms with Gasteiger partial charge in [0, 0.05) is 19.3 Å². The molecule has 2 amide bonds. The molecule has 0 aliphatic carbocycles. The third kappa shape index (κ3) is 2.26. The van der Waals surface area contributed by atoms with E-state index in [1.165, 1.54) is 0 Å². The lowest BCUT2D eigenvalue weighted by Gasteiger charge is -2.27. The number of amides is 2. The molecule has 1 aromatic rings. The van der Waals surface area contributed by atoms with Gasteiger partial charge in [-0.1, -0.05) is 6.07 Å². The lowest BCUT2D eigenvalue weighted by Crippen LogP contribution is -2.45. The lowest BCUT2D eigenvalue weighted by molar-refractivity contribution is 0.182. The number of urea groups is 1. The second-order valence-electron chi connectivity index (χ2n) is 3.77. The van der Waals surface area contributed by atoms with Crippen molar-refractivity contribution >= 4 is 6.03 Å². The molecule has 0 spiro atoms. The average molecular weight is 205 g/mol. The van der Waals surface area contributed by atoms with Gasteiger partial charge in [0.05, 0.1) is 12.2 Å². The molecule has 1 aromatic heterocycles. The molecule has 80 valence electrons. The van der Waals surface area contributed by atoms with Crippen molar-refractivity contribution in [1.82, 2.24) is 15.2 Å². The lowest BCUT2D eigenvalue weighted by atomic mass is 10.2. The Hall–Kier alpha value is -1.58. The fourth-order valence-corrected chi connectivity index (χ4v) is 1.69. The highest BCUT2D eigenvalue weighted by molar-refractivity contribution is 5.74. The maximum Gasteiger partial charge on any atom is 0.317 e. The standard InChI is InChI=1S/C11H15N3O/c1-9-4-2-5-12-10(9)8-14-7-3-6-13-11(14)15/h2,4-5H,3,6-8H2,1H3,(H,13,15). The van der Waals surface area contributed by atoms with Crippen LogP contribution in [0.4, 0.5) is 4.79 Å². The van der Waals surface area contributed by atoms with Crippen molar-refractivity contribution in [2.45, 2.75) is 19.9 Å². The van der Waals surface area contributed by atoms with Crippen molar-refractivity contribution in [3.05, 3.63) is 29.6 Å². The van der Waals surface area contributed by atoms with Crippen LogP contribution in [-0.4, -0.2) is 29.0 Å². The number of hydrogen-bond donors (Lipinski definition) is 1. The van der Waals surface area contributed by atoms with E-state index in [2.05, 4.69) is 10.3 Å². The molecule has 1 saturated heterocycles. The highest BCUT2D eigenvalue weighted by Gasteiger charge is 2.18. The molecule has 1 aliphatic rings. The third-order valence-corrected chi connectivity index (χ3v) is 2.63. The summed E-state index contributed by atoms with van der Waals surface area (Å²) in [5, 5.41) is 2.83. The minimum absolute atomic E-state index is 0.0197. The fourth-order valence-electron chi connectivity index (χ4n) is 1.69. The van der Waals surface area contributed by atoms with E-state index in [-0.39, 0.29) is 6.03 Å². The Morgan fingerprint density at radius 1 is 1.60 bits per heavy atom. The Balaban J connectivity index is 2.08. The molecule has 2 rings (SSSR count). The van der Waals surface area contributed by atoms with E-state index in [1.54, 1.807) is 11.1 Å². The first kappa shape index (κ1) is 9.96. The number of nitrogens with one attached hydrogen (secondary N) is 1. The van der Waals surface area contributed by atoms with Crippen LogP contribution in [-0.2, 0) is 6.54 Å². The summed E-state index contributed by atoms with van der Waals surface area (Å²) in [6.45, 7) is 4.24. The van der Waals surface area contributed by atoms with Crippen molar-refractivity contribution in [2.24, 2.45) is 0 Å². The molecule has 4 heteroatoms. The summed E-state index contributed by atoms with van der Waals surface area (Å²) in [4.78, 5) is 17.6. The van der Waals surface area contributed by atoms with Crippen LogP contribution in [0.2, 0.25) is 0 Å². The van der Waals surface area contributed by atoms with E-state index in [9.17, 15) is 4.79 Å². The number of rotatable bonds is 2. The van der Waals surface area contributed by atoms with Crippen molar-refractivity contribution in [3.63, 3.8) is 0 Å². The predicted octanol–water partition coefficient (Wildman–Crippen LogP) is 1.31. The minimum atomic E-state index is 0.0197. The molecule has 4 nitrogen and oxygen atoms in total. The van der Waals surface area contributed by atoms with E-state index in [0.29, 0.717) is 6.54 Å². The van der Waals surface area contributed by atoms with E-state index in [1.807, 2.05) is 19.1 Å². The van der Waals surface area contributed by atoms with Crippen LogP contribution >= 0.6 is 0 Å². The van der Waals surface area contributed by atoms with Gasteiger partial charge in [0.2, 0.25) is 0 Å². The van der Waals surface area contributed by atoms with E-state index in [0.717, 1.165) is 30.8 Å². The van der Waals surface area contributed by atoms with Crippen LogP contribution in [0.25, 0.3) is 0 Å². The summed E-state index contributed by atoms with van der Waals surface area (Å²) in [6, 6.07) is 3.95. The minimum Gasteiger partial charge on any atom is -0.338 e. The summed E-state index contributed by atoms with van der Waals surface area (Å²) in [7, 11) is 0. The van der Waals surface area contributed by atoms with Gasteiger partial charge in [-0.2, -0.15) is 0 Å². The molecule has 1 N–H and O–H groups in total. The number of carbonyl (C=O) groups is 1. The highest BCUT2D eigenvalue weighted by atomic mass is 16.2. The molecule has 1 aliphatic heterocycles. The van der Waals surface area contributed by atoms with Gasteiger partial charge in [0.25, 0.3) is 0 Å². The molecular formula is C11H15N3O. The summed E-state index contributed by atoms with van der Waals surface area (Å²) in [5.74, 6) is 0. The molecule has 15 heavy (non-hydrogen) atoms. The van der Waals surface area contributed by atoms with E-state index >= 15 is 0 Å². The molecule has 0 aromatic carbocycles. The van der Waals surface area contributed by atoms with Crippen LogP contribution in [0.3, 0.4) is 0 Å². The van der Waals surface area contributed by atoms with Crippen LogP contribution in [0, 0.1) is 6.92 Å². The summed E-state index contributed by atoms with van der Waals surface area (Å²) < 4.78 is 0. The number of hydrogen-bond acceptors (Lipinski definition) is 2. The largest absolute Gasteiger partial charge is 0.338 e. The van der Waals surface area contributed by atoms with Gasteiger partial charge in [-0.3, -0.25) is 4.98 Å². The third-order valence-electron chi connectivity index (χ3n) is 2.63.